The van der Waals surface area contributed by atoms with E-state index < -0.39 is 0 Å². The van der Waals surface area contributed by atoms with Crippen molar-refractivity contribution in [3.8, 4) is 11.5 Å². The Morgan fingerprint density at radius 3 is 2.42 bits per heavy atom. The lowest BCUT2D eigenvalue weighted by Gasteiger charge is -2.18. The third-order valence-electron chi connectivity index (χ3n) is 4.90. The highest BCUT2D eigenvalue weighted by atomic mass is 16.5. The van der Waals surface area contributed by atoms with E-state index in [1.54, 1.807) is 19.1 Å². The van der Waals surface area contributed by atoms with Gasteiger partial charge in [-0.15, -0.1) is 0 Å². The number of methoxy groups -OCH3 is 1. The topological polar surface area (TPSA) is 64.5 Å². The predicted octanol–water partition coefficient (Wildman–Crippen LogP) is 4.49. The lowest BCUT2D eigenvalue weighted by atomic mass is 10.2. The van der Waals surface area contributed by atoms with Crippen LogP contribution < -0.4 is 9.47 Å². The van der Waals surface area contributed by atoms with Gasteiger partial charge in [-0.05, 0) is 35.4 Å². The minimum absolute atomic E-state index is 0.193. The molecule has 0 N–H and O–H groups in total. The number of amides is 1. The highest BCUT2D eigenvalue weighted by Gasteiger charge is 2.16. The fourth-order valence-electron chi connectivity index (χ4n) is 3.27. The first-order chi connectivity index (χ1) is 15.1. The summed E-state index contributed by atoms with van der Waals surface area (Å²) in [6.07, 6.45) is 1.52. The molecule has 0 saturated carbocycles. The number of hydrogen-bond donors (Lipinski definition) is 0. The molecule has 0 fully saturated rings. The van der Waals surface area contributed by atoms with Crippen LogP contribution in [0.1, 0.15) is 21.6 Å². The van der Waals surface area contributed by atoms with E-state index in [2.05, 4.69) is 9.97 Å². The van der Waals surface area contributed by atoms with E-state index in [0.29, 0.717) is 35.9 Å². The van der Waals surface area contributed by atoms with Gasteiger partial charge < -0.3 is 14.4 Å². The lowest BCUT2D eigenvalue weighted by Crippen LogP contribution is -2.27. The van der Waals surface area contributed by atoms with Gasteiger partial charge in [-0.25, -0.2) is 4.98 Å². The molecule has 0 atom stereocenters. The van der Waals surface area contributed by atoms with E-state index in [-0.39, 0.29) is 5.91 Å². The molecule has 0 aliphatic heterocycles. The lowest BCUT2D eigenvalue weighted by molar-refractivity contribution is 0.0779. The number of ether oxygens (including phenoxy) is 2. The monoisotopic (exact) mass is 413 g/mol. The SMILES string of the molecule is COc1cc(CN(C)C(=O)c2cnc3ccccc3n2)ccc1OCc1ccccc1. The van der Waals surface area contributed by atoms with Gasteiger partial charge in [0.15, 0.2) is 11.5 Å². The molecule has 3 aromatic carbocycles. The summed E-state index contributed by atoms with van der Waals surface area (Å²) in [4.78, 5) is 23.2. The number of fused-ring (bicyclic) bond motifs is 1. The van der Waals surface area contributed by atoms with Crippen molar-refractivity contribution in [3.05, 3.63) is 95.8 Å². The van der Waals surface area contributed by atoms with Crippen LogP contribution in [0.2, 0.25) is 0 Å². The average Bonchev–Trinajstić information content (AvgIpc) is 2.83. The summed E-state index contributed by atoms with van der Waals surface area (Å²) in [5.74, 6) is 1.09. The van der Waals surface area contributed by atoms with Crippen LogP contribution in [-0.4, -0.2) is 34.9 Å². The van der Waals surface area contributed by atoms with Gasteiger partial charge >= 0.3 is 0 Å². The zero-order valence-corrected chi connectivity index (χ0v) is 17.5. The van der Waals surface area contributed by atoms with Crippen molar-refractivity contribution in [2.75, 3.05) is 14.2 Å². The molecule has 6 heteroatoms. The highest BCUT2D eigenvalue weighted by molar-refractivity contribution is 5.93. The molecule has 1 heterocycles. The standard InChI is InChI=1S/C25H23N3O3/c1-28(25(29)22-15-26-20-10-6-7-11-21(20)27-22)16-19-12-13-23(24(14-19)30-2)31-17-18-8-4-3-5-9-18/h3-15H,16-17H2,1-2H3. The molecular formula is C25H23N3O3. The second-order valence-electron chi connectivity index (χ2n) is 7.16. The number of para-hydroxylation sites is 2. The maximum absolute atomic E-state index is 12.8. The maximum atomic E-state index is 12.8. The molecule has 0 spiro atoms. The molecule has 0 aliphatic carbocycles. The Bertz CT molecular complexity index is 1190. The minimum atomic E-state index is -0.193. The zero-order valence-electron chi connectivity index (χ0n) is 17.5. The summed E-state index contributed by atoms with van der Waals surface area (Å²) in [6.45, 7) is 0.859. The summed E-state index contributed by atoms with van der Waals surface area (Å²) >= 11 is 0. The van der Waals surface area contributed by atoms with Crippen LogP contribution in [0.5, 0.6) is 11.5 Å². The fraction of sp³-hybridized carbons (Fsp3) is 0.160. The van der Waals surface area contributed by atoms with Crippen LogP contribution in [0.25, 0.3) is 11.0 Å². The Hall–Kier alpha value is -3.93. The summed E-state index contributed by atoms with van der Waals surface area (Å²) in [5, 5.41) is 0. The van der Waals surface area contributed by atoms with Gasteiger partial charge in [-0.1, -0.05) is 48.5 Å². The molecular weight excluding hydrogens is 390 g/mol. The quantitative estimate of drug-likeness (QED) is 0.447. The summed E-state index contributed by atoms with van der Waals surface area (Å²) in [6, 6.07) is 23.1. The average molecular weight is 413 g/mol. The van der Waals surface area contributed by atoms with Crippen molar-refractivity contribution in [1.82, 2.24) is 14.9 Å². The minimum Gasteiger partial charge on any atom is -0.493 e. The van der Waals surface area contributed by atoms with Crippen molar-refractivity contribution >= 4 is 16.9 Å². The van der Waals surface area contributed by atoms with Crippen molar-refractivity contribution in [2.24, 2.45) is 0 Å². The van der Waals surface area contributed by atoms with Gasteiger partial charge in [-0.2, -0.15) is 0 Å². The summed E-state index contributed by atoms with van der Waals surface area (Å²) in [7, 11) is 3.35. The van der Waals surface area contributed by atoms with Crippen LogP contribution in [0.4, 0.5) is 0 Å². The molecule has 0 bridgehead atoms. The highest BCUT2D eigenvalue weighted by Crippen LogP contribution is 2.29. The molecule has 4 rings (SSSR count). The van der Waals surface area contributed by atoms with Gasteiger partial charge in [0.05, 0.1) is 24.3 Å². The number of rotatable bonds is 7. The Balaban J connectivity index is 1.45. The van der Waals surface area contributed by atoms with Crippen LogP contribution in [0.3, 0.4) is 0 Å². The smallest absolute Gasteiger partial charge is 0.274 e. The Labute approximate surface area is 181 Å². The van der Waals surface area contributed by atoms with E-state index >= 15 is 0 Å². The van der Waals surface area contributed by atoms with E-state index in [1.807, 2.05) is 72.8 Å². The number of carbonyl (C=O) groups is 1. The van der Waals surface area contributed by atoms with Gasteiger partial charge in [0.25, 0.3) is 5.91 Å². The van der Waals surface area contributed by atoms with Gasteiger partial charge in [0.2, 0.25) is 0 Å². The molecule has 0 aliphatic rings. The van der Waals surface area contributed by atoms with E-state index in [0.717, 1.165) is 16.6 Å². The predicted molar refractivity (Wildman–Crippen MR) is 119 cm³/mol. The number of hydrogen-bond acceptors (Lipinski definition) is 5. The number of benzene rings is 3. The molecule has 6 nitrogen and oxygen atoms in total. The Morgan fingerprint density at radius 2 is 1.65 bits per heavy atom. The first-order valence-corrected chi connectivity index (χ1v) is 9.95. The van der Waals surface area contributed by atoms with Gasteiger partial charge in [0, 0.05) is 13.6 Å². The van der Waals surface area contributed by atoms with Gasteiger partial charge in [0.1, 0.15) is 12.3 Å². The largest absolute Gasteiger partial charge is 0.493 e. The van der Waals surface area contributed by atoms with E-state index in [9.17, 15) is 4.79 Å². The number of aromatic nitrogens is 2. The van der Waals surface area contributed by atoms with Crippen LogP contribution >= 0.6 is 0 Å². The van der Waals surface area contributed by atoms with E-state index in [4.69, 9.17) is 9.47 Å². The molecule has 0 unspecified atom stereocenters. The van der Waals surface area contributed by atoms with Gasteiger partial charge in [-0.3, -0.25) is 9.78 Å². The molecule has 31 heavy (non-hydrogen) atoms. The van der Waals surface area contributed by atoms with Crippen molar-refractivity contribution in [3.63, 3.8) is 0 Å². The molecule has 4 aromatic rings. The number of nitrogens with zero attached hydrogens (tertiary/aromatic N) is 3. The third-order valence-corrected chi connectivity index (χ3v) is 4.90. The van der Waals surface area contributed by atoms with Crippen LogP contribution in [0.15, 0.2) is 79.0 Å². The fourth-order valence-corrected chi connectivity index (χ4v) is 3.27. The first kappa shape index (κ1) is 20.3. The summed E-state index contributed by atoms with van der Waals surface area (Å²) in [5.41, 5.74) is 3.78. The normalized spacial score (nSPS) is 10.6. The van der Waals surface area contributed by atoms with E-state index in [1.165, 1.54) is 6.20 Å². The molecule has 0 saturated heterocycles. The van der Waals surface area contributed by atoms with Crippen molar-refractivity contribution in [2.45, 2.75) is 13.2 Å². The zero-order chi connectivity index (χ0) is 21.6. The molecule has 0 radical (unpaired) electrons. The van der Waals surface area contributed by atoms with Crippen LogP contribution in [0, 0.1) is 0 Å². The Kier molecular flexibility index (Phi) is 6.08. The number of carbonyl (C=O) groups excluding carboxylic acids is 1. The second kappa shape index (κ2) is 9.26. The summed E-state index contributed by atoms with van der Waals surface area (Å²) < 4.78 is 11.4. The van der Waals surface area contributed by atoms with Crippen molar-refractivity contribution < 1.29 is 14.3 Å². The van der Waals surface area contributed by atoms with Crippen molar-refractivity contribution in [1.29, 1.82) is 0 Å². The molecule has 1 amide bonds. The van der Waals surface area contributed by atoms with Crippen LogP contribution in [-0.2, 0) is 13.2 Å². The maximum Gasteiger partial charge on any atom is 0.274 e. The third kappa shape index (κ3) is 4.80. The Morgan fingerprint density at radius 1 is 0.903 bits per heavy atom. The molecule has 156 valence electrons. The second-order valence-corrected chi connectivity index (χ2v) is 7.16. The molecule has 1 aromatic heterocycles. The first-order valence-electron chi connectivity index (χ1n) is 9.95.